The molecule has 0 saturated carbocycles. The van der Waals surface area contributed by atoms with E-state index in [1.165, 1.54) is 5.56 Å². The van der Waals surface area contributed by atoms with E-state index in [1.807, 2.05) is 56.4 Å². The minimum Gasteiger partial charge on any atom is -0.388 e. The monoisotopic (exact) mass is 332 g/mol. The van der Waals surface area contributed by atoms with Gasteiger partial charge < -0.3 is 10.6 Å². The molecule has 0 aliphatic carbocycles. The fraction of sp³-hybridized carbons (Fsp3) is 0.188. The van der Waals surface area contributed by atoms with Crippen LogP contribution in [0.1, 0.15) is 21.5 Å². The molecule has 2 aromatic rings. The summed E-state index contributed by atoms with van der Waals surface area (Å²) in [7, 11) is 1.85. The van der Waals surface area contributed by atoms with Crippen LogP contribution in [0.4, 0.5) is 5.69 Å². The summed E-state index contributed by atoms with van der Waals surface area (Å²) in [4.78, 5) is 12.1. The van der Waals surface area contributed by atoms with Gasteiger partial charge in [-0.15, -0.1) is 0 Å². The molecule has 0 aliphatic rings. The van der Waals surface area contributed by atoms with Crippen molar-refractivity contribution in [1.82, 2.24) is 5.32 Å². The highest BCUT2D eigenvalue weighted by Gasteiger charge is 2.06. The van der Waals surface area contributed by atoms with Crippen LogP contribution < -0.4 is 10.6 Å². The summed E-state index contributed by atoms with van der Waals surface area (Å²) < 4.78 is 1.02. The second-order valence-electron chi connectivity index (χ2n) is 4.58. The Bertz CT molecular complexity index is 608. The zero-order valence-corrected chi connectivity index (χ0v) is 13.1. The van der Waals surface area contributed by atoms with Crippen molar-refractivity contribution < 1.29 is 4.79 Å². The van der Waals surface area contributed by atoms with Crippen molar-refractivity contribution in [3.8, 4) is 0 Å². The topological polar surface area (TPSA) is 41.1 Å². The number of halogens is 1. The minimum atomic E-state index is -0.0629. The number of rotatable bonds is 4. The molecule has 104 valence electrons. The van der Waals surface area contributed by atoms with Crippen LogP contribution in [0.2, 0.25) is 0 Å². The molecule has 0 atom stereocenters. The van der Waals surface area contributed by atoms with E-state index in [-0.39, 0.29) is 5.91 Å². The van der Waals surface area contributed by atoms with E-state index in [0.29, 0.717) is 12.1 Å². The Balaban J connectivity index is 2.02. The number of nitrogens with one attached hydrogen (secondary N) is 2. The Morgan fingerprint density at radius 3 is 2.50 bits per heavy atom. The van der Waals surface area contributed by atoms with E-state index in [0.717, 1.165) is 15.7 Å². The number of aryl methyl sites for hydroxylation is 1. The van der Waals surface area contributed by atoms with E-state index in [9.17, 15) is 4.79 Å². The third-order valence-electron chi connectivity index (χ3n) is 3.19. The van der Waals surface area contributed by atoms with Crippen LogP contribution in [-0.4, -0.2) is 13.0 Å². The zero-order valence-electron chi connectivity index (χ0n) is 11.5. The van der Waals surface area contributed by atoms with Crippen LogP contribution in [0.3, 0.4) is 0 Å². The van der Waals surface area contributed by atoms with E-state index in [4.69, 9.17) is 0 Å². The lowest BCUT2D eigenvalue weighted by atomic mass is 10.1. The lowest BCUT2D eigenvalue weighted by Crippen LogP contribution is -2.23. The summed E-state index contributed by atoms with van der Waals surface area (Å²) in [6, 6.07) is 13.5. The lowest BCUT2D eigenvalue weighted by molar-refractivity contribution is 0.0951. The first-order chi connectivity index (χ1) is 9.60. The van der Waals surface area contributed by atoms with Crippen molar-refractivity contribution in [2.45, 2.75) is 13.5 Å². The number of carbonyl (C=O) groups is 1. The largest absolute Gasteiger partial charge is 0.388 e. The third kappa shape index (κ3) is 3.61. The lowest BCUT2D eigenvalue weighted by Gasteiger charge is -2.09. The number of benzene rings is 2. The highest BCUT2D eigenvalue weighted by atomic mass is 79.9. The van der Waals surface area contributed by atoms with Crippen LogP contribution in [0.15, 0.2) is 46.9 Å². The summed E-state index contributed by atoms with van der Waals surface area (Å²) in [5.74, 6) is -0.0629. The van der Waals surface area contributed by atoms with Crippen molar-refractivity contribution >= 4 is 27.5 Å². The minimum absolute atomic E-state index is 0.0629. The van der Waals surface area contributed by atoms with Crippen molar-refractivity contribution in [2.75, 3.05) is 12.4 Å². The molecule has 2 aromatic carbocycles. The Labute approximate surface area is 127 Å². The van der Waals surface area contributed by atoms with E-state index >= 15 is 0 Å². The Morgan fingerprint density at radius 1 is 1.15 bits per heavy atom. The van der Waals surface area contributed by atoms with Crippen molar-refractivity contribution in [1.29, 1.82) is 0 Å². The van der Waals surface area contributed by atoms with E-state index in [2.05, 4.69) is 26.6 Å². The van der Waals surface area contributed by atoms with Gasteiger partial charge in [-0.25, -0.2) is 0 Å². The van der Waals surface area contributed by atoms with Crippen LogP contribution in [0, 0.1) is 6.92 Å². The second-order valence-corrected chi connectivity index (χ2v) is 5.50. The van der Waals surface area contributed by atoms with Crippen molar-refractivity contribution in [3.63, 3.8) is 0 Å². The average molecular weight is 333 g/mol. The van der Waals surface area contributed by atoms with Gasteiger partial charge in [0.1, 0.15) is 0 Å². The van der Waals surface area contributed by atoms with Gasteiger partial charge in [-0.1, -0.05) is 22.0 Å². The van der Waals surface area contributed by atoms with Crippen molar-refractivity contribution in [2.24, 2.45) is 0 Å². The Morgan fingerprint density at radius 2 is 1.85 bits per heavy atom. The normalized spacial score (nSPS) is 10.2. The summed E-state index contributed by atoms with van der Waals surface area (Å²) >= 11 is 3.44. The molecule has 0 unspecified atom stereocenters. The van der Waals surface area contributed by atoms with Crippen LogP contribution in [-0.2, 0) is 6.54 Å². The summed E-state index contributed by atoms with van der Waals surface area (Å²) in [5, 5.41) is 5.97. The molecule has 2 N–H and O–H groups in total. The number of hydrogen-bond donors (Lipinski definition) is 2. The first-order valence-electron chi connectivity index (χ1n) is 6.41. The fourth-order valence-electron chi connectivity index (χ4n) is 1.90. The Hall–Kier alpha value is -1.81. The molecule has 0 radical (unpaired) electrons. The number of hydrogen-bond acceptors (Lipinski definition) is 2. The molecule has 0 fully saturated rings. The molecule has 0 heterocycles. The molecule has 3 nitrogen and oxygen atoms in total. The number of anilines is 1. The van der Waals surface area contributed by atoms with Crippen LogP contribution in [0.5, 0.6) is 0 Å². The number of carbonyl (C=O) groups excluding carboxylic acids is 1. The quantitative estimate of drug-likeness (QED) is 0.895. The summed E-state index contributed by atoms with van der Waals surface area (Å²) in [6.45, 7) is 2.56. The highest BCUT2D eigenvalue weighted by Crippen LogP contribution is 2.16. The molecule has 4 heteroatoms. The molecule has 0 aromatic heterocycles. The van der Waals surface area contributed by atoms with Crippen LogP contribution in [0.25, 0.3) is 0 Å². The maximum absolute atomic E-state index is 12.1. The average Bonchev–Trinajstić information content (AvgIpc) is 2.48. The predicted molar refractivity (Wildman–Crippen MR) is 86.0 cm³/mol. The maximum atomic E-state index is 12.1. The van der Waals surface area contributed by atoms with Crippen molar-refractivity contribution in [3.05, 3.63) is 63.6 Å². The molecule has 20 heavy (non-hydrogen) atoms. The highest BCUT2D eigenvalue weighted by molar-refractivity contribution is 9.10. The molecular formula is C16H17BrN2O. The molecular weight excluding hydrogens is 316 g/mol. The standard InChI is InChI=1S/C16H17BrN2O/c1-11-3-6-14(17)9-13(11)10-19-16(20)12-4-7-15(18-2)8-5-12/h3-9,18H,10H2,1-2H3,(H,19,20). The van der Waals surface area contributed by atoms with Gasteiger partial charge in [-0.05, 0) is 54.4 Å². The smallest absolute Gasteiger partial charge is 0.251 e. The molecule has 0 aliphatic heterocycles. The summed E-state index contributed by atoms with van der Waals surface area (Å²) in [6.07, 6.45) is 0. The molecule has 0 saturated heterocycles. The maximum Gasteiger partial charge on any atom is 0.251 e. The summed E-state index contributed by atoms with van der Waals surface area (Å²) in [5.41, 5.74) is 3.93. The third-order valence-corrected chi connectivity index (χ3v) is 3.68. The van der Waals surface area contributed by atoms with Gasteiger partial charge >= 0.3 is 0 Å². The van der Waals surface area contributed by atoms with Gasteiger partial charge in [0.25, 0.3) is 5.91 Å². The first-order valence-corrected chi connectivity index (χ1v) is 7.20. The van der Waals surface area contributed by atoms with Crippen LogP contribution >= 0.6 is 15.9 Å². The van der Waals surface area contributed by atoms with Gasteiger partial charge in [0.05, 0.1) is 0 Å². The van der Waals surface area contributed by atoms with Gasteiger partial charge in [-0.2, -0.15) is 0 Å². The molecule has 1 amide bonds. The first kappa shape index (κ1) is 14.6. The Kier molecular flexibility index (Phi) is 4.79. The fourth-order valence-corrected chi connectivity index (χ4v) is 2.30. The van der Waals surface area contributed by atoms with Gasteiger partial charge in [-0.3, -0.25) is 4.79 Å². The van der Waals surface area contributed by atoms with Gasteiger partial charge in [0.15, 0.2) is 0 Å². The van der Waals surface area contributed by atoms with E-state index in [1.54, 1.807) is 0 Å². The SMILES string of the molecule is CNc1ccc(C(=O)NCc2cc(Br)ccc2C)cc1. The predicted octanol–water partition coefficient (Wildman–Crippen LogP) is 3.73. The second kappa shape index (κ2) is 6.57. The number of amides is 1. The molecule has 0 spiro atoms. The van der Waals surface area contributed by atoms with Gasteiger partial charge in [0.2, 0.25) is 0 Å². The van der Waals surface area contributed by atoms with E-state index < -0.39 is 0 Å². The van der Waals surface area contributed by atoms with Gasteiger partial charge in [0, 0.05) is 29.3 Å². The zero-order chi connectivity index (χ0) is 14.5. The molecule has 2 rings (SSSR count). The molecule has 0 bridgehead atoms.